The van der Waals surface area contributed by atoms with Gasteiger partial charge in [0.1, 0.15) is 0 Å². The van der Waals surface area contributed by atoms with Gasteiger partial charge in [-0.1, -0.05) is 0 Å². The van der Waals surface area contributed by atoms with Crippen LogP contribution in [0.4, 0.5) is 0 Å². The molecule has 92 valence electrons. The molecule has 1 aliphatic rings. The predicted molar refractivity (Wildman–Crippen MR) is 62.0 cm³/mol. The Kier molecular flexibility index (Phi) is 3.75. The second-order valence-corrected chi connectivity index (χ2v) is 4.63. The van der Waals surface area contributed by atoms with Gasteiger partial charge in [0.15, 0.2) is 6.10 Å². The highest BCUT2D eigenvalue weighted by Crippen LogP contribution is 2.11. The van der Waals surface area contributed by atoms with E-state index in [1.807, 2.05) is 16.8 Å². The van der Waals surface area contributed by atoms with Crippen LogP contribution in [-0.4, -0.2) is 47.7 Å². The summed E-state index contributed by atoms with van der Waals surface area (Å²) in [6, 6.07) is 1.90. The number of carboxylic acid groups (broad SMARTS) is 1. The smallest absolute Gasteiger partial charge is 0.334 e. The third-order valence-electron chi connectivity index (χ3n) is 2.63. The highest BCUT2D eigenvalue weighted by atomic mass is 32.1. The molecule has 0 aliphatic carbocycles. The minimum Gasteiger partial charge on any atom is -0.479 e. The zero-order valence-corrected chi connectivity index (χ0v) is 9.98. The fraction of sp³-hybridized carbons (Fsp3) is 0.455. The summed E-state index contributed by atoms with van der Waals surface area (Å²) in [6.07, 6.45) is -0.564. The van der Waals surface area contributed by atoms with Crippen molar-refractivity contribution in [1.82, 2.24) is 4.90 Å². The van der Waals surface area contributed by atoms with E-state index in [2.05, 4.69) is 0 Å². The van der Waals surface area contributed by atoms with E-state index in [1.54, 1.807) is 16.2 Å². The minimum absolute atomic E-state index is 0.0436. The van der Waals surface area contributed by atoms with Crippen molar-refractivity contribution in [2.75, 3.05) is 19.7 Å². The van der Waals surface area contributed by atoms with Crippen LogP contribution in [0.2, 0.25) is 0 Å². The normalized spacial score (nSPS) is 20.2. The van der Waals surface area contributed by atoms with E-state index in [9.17, 15) is 9.59 Å². The molecule has 1 aromatic rings. The molecule has 6 heteroatoms. The maximum atomic E-state index is 11.9. The summed E-state index contributed by atoms with van der Waals surface area (Å²) >= 11 is 1.54. The molecule has 1 N–H and O–H groups in total. The Hall–Kier alpha value is -1.40. The molecule has 1 aromatic heterocycles. The summed E-state index contributed by atoms with van der Waals surface area (Å²) < 4.78 is 5.06. The third-order valence-corrected chi connectivity index (χ3v) is 3.36. The van der Waals surface area contributed by atoms with E-state index in [1.165, 1.54) is 0 Å². The number of carboxylic acids is 1. The lowest BCUT2D eigenvalue weighted by Crippen LogP contribution is -2.49. The first-order valence-electron chi connectivity index (χ1n) is 5.30. The number of carbonyl (C=O) groups excluding carboxylic acids is 1. The van der Waals surface area contributed by atoms with Gasteiger partial charge in [-0.05, 0) is 22.4 Å². The Morgan fingerprint density at radius 2 is 2.41 bits per heavy atom. The molecule has 1 atom stereocenters. The van der Waals surface area contributed by atoms with Crippen molar-refractivity contribution >= 4 is 23.2 Å². The summed E-state index contributed by atoms with van der Waals surface area (Å²) in [5.41, 5.74) is 0.971. The maximum absolute atomic E-state index is 11.9. The molecule has 0 aromatic carbocycles. The van der Waals surface area contributed by atoms with E-state index in [-0.39, 0.29) is 19.1 Å². The van der Waals surface area contributed by atoms with Gasteiger partial charge < -0.3 is 14.7 Å². The lowest BCUT2D eigenvalue weighted by Gasteiger charge is -2.30. The molecule has 17 heavy (non-hydrogen) atoms. The molecule has 2 heterocycles. The second-order valence-electron chi connectivity index (χ2n) is 3.85. The van der Waals surface area contributed by atoms with E-state index >= 15 is 0 Å². The van der Waals surface area contributed by atoms with Crippen LogP contribution in [-0.2, 0) is 20.7 Å². The molecule has 0 spiro atoms. The first-order chi connectivity index (χ1) is 8.16. The molecular formula is C11H13NO4S. The van der Waals surface area contributed by atoms with Crippen LogP contribution in [0.3, 0.4) is 0 Å². The minimum atomic E-state index is -1.02. The number of nitrogens with zero attached hydrogens (tertiary/aromatic N) is 1. The van der Waals surface area contributed by atoms with Crippen molar-refractivity contribution in [3.8, 4) is 0 Å². The molecule has 1 amide bonds. The molecule has 0 bridgehead atoms. The van der Waals surface area contributed by atoms with Crippen molar-refractivity contribution in [2.45, 2.75) is 12.5 Å². The van der Waals surface area contributed by atoms with Crippen molar-refractivity contribution in [2.24, 2.45) is 0 Å². The number of aliphatic carboxylic acids is 1. The van der Waals surface area contributed by atoms with Gasteiger partial charge in [0.2, 0.25) is 5.91 Å². The number of rotatable bonds is 3. The molecule has 5 nitrogen and oxygen atoms in total. The quantitative estimate of drug-likeness (QED) is 0.859. The van der Waals surface area contributed by atoms with Gasteiger partial charge in [-0.2, -0.15) is 11.3 Å². The zero-order valence-electron chi connectivity index (χ0n) is 9.17. The monoisotopic (exact) mass is 255 g/mol. The average Bonchev–Trinajstić information content (AvgIpc) is 2.82. The van der Waals surface area contributed by atoms with Crippen molar-refractivity contribution in [3.05, 3.63) is 22.4 Å². The topological polar surface area (TPSA) is 66.8 Å². The second kappa shape index (κ2) is 5.29. The molecule has 1 aliphatic heterocycles. The maximum Gasteiger partial charge on any atom is 0.334 e. The summed E-state index contributed by atoms with van der Waals surface area (Å²) in [7, 11) is 0. The van der Waals surface area contributed by atoms with Crippen LogP contribution >= 0.6 is 11.3 Å². The summed E-state index contributed by atoms with van der Waals surface area (Å²) in [5.74, 6) is -1.06. The van der Waals surface area contributed by atoms with Gasteiger partial charge in [0, 0.05) is 6.54 Å². The number of amides is 1. The fourth-order valence-corrected chi connectivity index (χ4v) is 2.37. The number of morpholine rings is 1. The highest BCUT2D eigenvalue weighted by molar-refractivity contribution is 7.07. The van der Waals surface area contributed by atoms with Crippen LogP contribution < -0.4 is 0 Å². The van der Waals surface area contributed by atoms with Gasteiger partial charge in [0.25, 0.3) is 0 Å². The van der Waals surface area contributed by atoms with Gasteiger partial charge in [-0.25, -0.2) is 4.79 Å². The molecule has 1 fully saturated rings. The summed E-state index contributed by atoms with van der Waals surface area (Å²) in [6.45, 7) is 0.886. The van der Waals surface area contributed by atoms with Crippen LogP contribution in [0.5, 0.6) is 0 Å². The molecular weight excluding hydrogens is 242 g/mol. The van der Waals surface area contributed by atoms with Gasteiger partial charge in [-0.3, -0.25) is 4.79 Å². The number of hydrogen-bond donors (Lipinski definition) is 1. The van der Waals surface area contributed by atoms with Gasteiger partial charge in [0.05, 0.1) is 19.6 Å². The van der Waals surface area contributed by atoms with Gasteiger partial charge in [-0.15, -0.1) is 0 Å². The largest absolute Gasteiger partial charge is 0.479 e. The number of thiophene rings is 1. The Morgan fingerprint density at radius 3 is 3.06 bits per heavy atom. The lowest BCUT2D eigenvalue weighted by atomic mass is 10.2. The third kappa shape index (κ3) is 3.04. The molecule has 0 unspecified atom stereocenters. The Balaban J connectivity index is 1.93. The van der Waals surface area contributed by atoms with E-state index in [0.717, 1.165) is 5.56 Å². The Morgan fingerprint density at radius 1 is 1.59 bits per heavy atom. The lowest BCUT2D eigenvalue weighted by molar-refractivity contribution is -0.159. The number of ether oxygens (including phenoxy) is 1. The predicted octanol–water partition coefficient (Wildman–Crippen LogP) is 0.603. The van der Waals surface area contributed by atoms with Crippen LogP contribution in [0.1, 0.15) is 5.56 Å². The molecule has 2 rings (SSSR count). The van der Waals surface area contributed by atoms with Crippen molar-refractivity contribution < 1.29 is 19.4 Å². The van der Waals surface area contributed by atoms with E-state index < -0.39 is 12.1 Å². The van der Waals surface area contributed by atoms with Crippen LogP contribution in [0.25, 0.3) is 0 Å². The van der Waals surface area contributed by atoms with Gasteiger partial charge >= 0.3 is 5.97 Å². The summed E-state index contributed by atoms with van der Waals surface area (Å²) in [5, 5.41) is 12.7. The molecule has 1 saturated heterocycles. The first kappa shape index (κ1) is 12.1. The van der Waals surface area contributed by atoms with E-state index in [4.69, 9.17) is 9.84 Å². The van der Waals surface area contributed by atoms with Crippen LogP contribution in [0.15, 0.2) is 16.8 Å². The fourth-order valence-electron chi connectivity index (χ4n) is 1.70. The number of carbonyl (C=O) groups is 2. The standard InChI is InChI=1S/C11H13NO4S/c13-10(5-8-1-4-17-7-8)12-2-3-16-9(6-12)11(14)15/h1,4,7,9H,2-3,5-6H2,(H,14,15)/t9-/m1/s1. The number of hydrogen-bond acceptors (Lipinski definition) is 4. The SMILES string of the molecule is O=C(O)[C@H]1CN(C(=O)Cc2ccsc2)CCO1. The summed E-state index contributed by atoms with van der Waals surface area (Å²) in [4.78, 5) is 24.2. The molecule has 0 saturated carbocycles. The Bertz CT molecular complexity index is 404. The Labute approximate surface area is 103 Å². The highest BCUT2D eigenvalue weighted by Gasteiger charge is 2.28. The van der Waals surface area contributed by atoms with Crippen LogP contribution in [0, 0.1) is 0 Å². The van der Waals surface area contributed by atoms with E-state index in [0.29, 0.717) is 13.0 Å². The molecule has 0 radical (unpaired) electrons. The first-order valence-corrected chi connectivity index (χ1v) is 6.24. The average molecular weight is 255 g/mol. The van der Waals surface area contributed by atoms with Crippen molar-refractivity contribution in [3.63, 3.8) is 0 Å². The zero-order chi connectivity index (χ0) is 12.3. The van der Waals surface area contributed by atoms with Crippen molar-refractivity contribution in [1.29, 1.82) is 0 Å².